The molecule has 0 bridgehead atoms. The Morgan fingerprint density at radius 1 is 1.22 bits per heavy atom. The third kappa shape index (κ3) is 5.97. The Balaban J connectivity index is 1.14. The zero-order valence-corrected chi connectivity index (χ0v) is 22.4. The number of nitrogens with one attached hydrogen (secondary N) is 2. The Morgan fingerprint density at radius 3 is 2.71 bits per heavy atom. The first-order valence-corrected chi connectivity index (χ1v) is 13.0. The SMILES string of the molecule is COC(=O)NC[C@H]1CN(c2ccc(N3CCN(C(=O)[C@H](C)NC(=O)c4cn5cccnc5n4)CC3)c(F)c2)C(=O)O1. The maximum atomic E-state index is 15.1. The van der Waals surface area contributed by atoms with Crippen molar-refractivity contribution in [2.45, 2.75) is 19.1 Å². The zero-order chi connectivity index (χ0) is 29.1. The van der Waals surface area contributed by atoms with Gasteiger partial charge in [0.05, 0.1) is 31.6 Å². The first kappa shape index (κ1) is 27.6. The molecule has 0 spiro atoms. The molecule has 0 aliphatic carbocycles. The second-order valence-corrected chi connectivity index (χ2v) is 9.59. The van der Waals surface area contributed by atoms with Gasteiger partial charge in [0.25, 0.3) is 5.91 Å². The lowest BCUT2D eigenvalue weighted by atomic mass is 10.2. The number of piperazine rings is 1. The number of alkyl carbamates (subject to hydrolysis) is 1. The van der Waals surface area contributed by atoms with Gasteiger partial charge in [0.1, 0.15) is 23.7 Å². The molecule has 0 radical (unpaired) electrons. The van der Waals surface area contributed by atoms with Crippen LogP contribution in [-0.4, -0.2) is 102 Å². The van der Waals surface area contributed by atoms with E-state index in [9.17, 15) is 19.2 Å². The van der Waals surface area contributed by atoms with Crippen LogP contribution >= 0.6 is 0 Å². The van der Waals surface area contributed by atoms with Crippen LogP contribution in [0.3, 0.4) is 0 Å². The van der Waals surface area contributed by atoms with Crippen molar-refractivity contribution in [1.82, 2.24) is 29.9 Å². The Labute approximate surface area is 234 Å². The number of benzene rings is 1. The third-order valence-corrected chi connectivity index (χ3v) is 6.89. The van der Waals surface area contributed by atoms with Crippen molar-refractivity contribution in [3.63, 3.8) is 0 Å². The number of nitrogens with zero attached hydrogens (tertiary/aromatic N) is 6. The number of imidazole rings is 1. The summed E-state index contributed by atoms with van der Waals surface area (Å²) in [5, 5.41) is 5.16. The summed E-state index contributed by atoms with van der Waals surface area (Å²) >= 11 is 0. The normalized spacial score (nSPS) is 17.8. The average molecular weight is 569 g/mol. The molecule has 2 aliphatic heterocycles. The lowest BCUT2D eigenvalue weighted by Crippen LogP contribution is -2.54. The van der Waals surface area contributed by atoms with Crippen LogP contribution in [0.15, 0.2) is 42.9 Å². The predicted molar refractivity (Wildman–Crippen MR) is 143 cm³/mol. The van der Waals surface area contributed by atoms with Gasteiger partial charge in [-0.3, -0.25) is 18.9 Å². The maximum Gasteiger partial charge on any atom is 0.414 e. The van der Waals surface area contributed by atoms with Crippen molar-refractivity contribution < 1.29 is 33.0 Å². The van der Waals surface area contributed by atoms with Gasteiger partial charge in [0.2, 0.25) is 11.7 Å². The Hall–Kier alpha value is -4.95. The number of carbonyl (C=O) groups excluding carboxylic acids is 4. The van der Waals surface area contributed by atoms with Gasteiger partial charge < -0.3 is 29.9 Å². The molecule has 3 aromatic rings. The maximum absolute atomic E-state index is 15.1. The standard InChI is InChI=1S/C26H29FN8O6/c1-16(30-22(36)20-15-34-7-3-6-28-24(34)31-20)23(37)33-10-8-32(9-11-33)21-5-4-17(12-19(21)27)35-14-18(41-26(35)39)13-29-25(38)40-2/h3-7,12,15-16,18H,8-11,13-14H2,1-2H3,(H,29,38)(H,30,36)/t16-,18-/m0/s1. The molecule has 2 atom stereocenters. The van der Waals surface area contributed by atoms with Gasteiger partial charge in [-0.2, -0.15) is 0 Å². The number of ether oxygens (including phenoxy) is 2. The largest absolute Gasteiger partial charge is 0.453 e. The topological polar surface area (TPSA) is 151 Å². The predicted octanol–water partition coefficient (Wildman–Crippen LogP) is 1.02. The van der Waals surface area contributed by atoms with Crippen LogP contribution in [0.5, 0.6) is 0 Å². The van der Waals surface area contributed by atoms with E-state index in [1.165, 1.54) is 18.1 Å². The van der Waals surface area contributed by atoms with E-state index in [1.54, 1.807) is 53.0 Å². The molecule has 2 aliphatic rings. The van der Waals surface area contributed by atoms with E-state index in [1.807, 2.05) is 4.90 Å². The van der Waals surface area contributed by atoms with Crippen LogP contribution in [0.4, 0.5) is 25.4 Å². The van der Waals surface area contributed by atoms with Gasteiger partial charge in [-0.1, -0.05) is 0 Å². The van der Waals surface area contributed by atoms with Crippen LogP contribution in [0.1, 0.15) is 17.4 Å². The second-order valence-electron chi connectivity index (χ2n) is 9.59. The van der Waals surface area contributed by atoms with E-state index in [0.717, 1.165) is 0 Å². The number of amides is 4. The molecule has 0 saturated carbocycles. The lowest BCUT2D eigenvalue weighted by Gasteiger charge is -2.37. The van der Waals surface area contributed by atoms with Crippen molar-refractivity contribution >= 4 is 41.2 Å². The number of hydrogen-bond acceptors (Lipinski definition) is 9. The minimum absolute atomic E-state index is 0.0682. The molecule has 216 valence electrons. The number of anilines is 2. The van der Waals surface area contributed by atoms with E-state index >= 15 is 4.39 Å². The zero-order valence-electron chi connectivity index (χ0n) is 22.4. The summed E-state index contributed by atoms with van der Waals surface area (Å²) in [4.78, 5) is 62.2. The number of aromatic nitrogens is 3. The number of rotatable bonds is 7. The van der Waals surface area contributed by atoms with Gasteiger partial charge in [0, 0.05) is 44.8 Å². The summed E-state index contributed by atoms with van der Waals surface area (Å²) in [5.41, 5.74) is 0.832. The van der Waals surface area contributed by atoms with Gasteiger partial charge in [-0.15, -0.1) is 0 Å². The van der Waals surface area contributed by atoms with Gasteiger partial charge in [-0.05, 0) is 31.2 Å². The molecule has 41 heavy (non-hydrogen) atoms. The number of halogens is 1. The lowest BCUT2D eigenvalue weighted by molar-refractivity contribution is -0.133. The van der Waals surface area contributed by atoms with Crippen molar-refractivity contribution in [1.29, 1.82) is 0 Å². The summed E-state index contributed by atoms with van der Waals surface area (Å²) in [6.45, 7) is 3.27. The monoisotopic (exact) mass is 568 g/mol. The van der Waals surface area contributed by atoms with Crippen LogP contribution in [0, 0.1) is 5.82 Å². The number of cyclic esters (lactones) is 1. The number of fused-ring (bicyclic) bond motifs is 1. The van der Waals surface area contributed by atoms with Crippen molar-refractivity contribution in [3.8, 4) is 0 Å². The van der Waals surface area contributed by atoms with E-state index in [4.69, 9.17) is 4.74 Å². The molecular weight excluding hydrogens is 539 g/mol. The first-order valence-electron chi connectivity index (χ1n) is 13.0. The highest BCUT2D eigenvalue weighted by Crippen LogP contribution is 2.28. The molecule has 1 aromatic carbocycles. The molecule has 4 heterocycles. The molecule has 2 N–H and O–H groups in total. The van der Waals surface area contributed by atoms with E-state index in [-0.39, 0.29) is 24.7 Å². The quantitative estimate of drug-likeness (QED) is 0.426. The number of carbonyl (C=O) groups is 4. The number of methoxy groups -OCH3 is 1. The molecule has 14 nitrogen and oxygen atoms in total. The minimum Gasteiger partial charge on any atom is -0.453 e. The van der Waals surface area contributed by atoms with Gasteiger partial charge in [0.15, 0.2) is 0 Å². The molecule has 2 aromatic heterocycles. The van der Waals surface area contributed by atoms with Crippen LogP contribution < -0.4 is 20.4 Å². The second kappa shape index (κ2) is 11.7. The summed E-state index contributed by atoms with van der Waals surface area (Å²) in [6, 6.07) is 5.41. The molecule has 15 heteroatoms. The summed E-state index contributed by atoms with van der Waals surface area (Å²) in [6.07, 6.45) is 2.96. The smallest absolute Gasteiger partial charge is 0.414 e. The summed E-state index contributed by atoms with van der Waals surface area (Å²) in [5.74, 6) is -0.871. The van der Waals surface area contributed by atoms with Crippen LogP contribution in [0.25, 0.3) is 5.78 Å². The number of hydrogen-bond donors (Lipinski definition) is 2. The van der Waals surface area contributed by atoms with E-state index in [2.05, 4.69) is 25.3 Å². The fourth-order valence-corrected chi connectivity index (χ4v) is 4.74. The highest BCUT2D eigenvalue weighted by Gasteiger charge is 2.33. The molecule has 2 saturated heterocycles. The Bertz CT molecular complexity index is 1440. The van der Waals surface area contributed by atoms with E-state index < -0.39 is 36.1 Å². The third-order valence-electron chi connectivity index (χ3n) is 6.89. The van der Waals surface area contributed by atoms with Gasteiger partial charge >= 0.3 is 12.2 Å². The molecular formula is C26H29FN8O6. The highest BCUT2D eigenvalue weighted by atomic mass is 19.1. The first-order chi connectivity index (χ1) is 19.7. The average Bonchev–Trinajstić information content (AvgIpc) is 3.59. The highest BCUT2D eigenvalue weighted by molar-refractivity contribution is 5.96. The molecule has 2 fully saturated rings. The molecule has 4 amide bonds. The molecule has 0 unspecified atom stereocenters. The van der Waals surface area contributed by atoms with Crippen LogP contribution in [-0.2, 0) is 14.3 Å². The Morgan fingerprint density at radius 2 is 2.00 bits per heavy atom. The Kier molecular flexibility index (Phi) is 7.85. The van der Waals surface area contributed by atoms with Crippen LogP contribution in [0.2, 0.25) is 0 Å². The van der Waals surface area contributed by atoms with Crippen molar-refractivity contribution in [2.75, 3.05) is 56.2 Å². The summed E-state index contributed by atoms with van der Waals surface area (Å²) in [7, 11) is 1.23. The van der Waals surface area contributed by atoms with Crippen molar-refractivity contribution in [2.24, 2.45) is 0 Å². The fourth-order valence-electron chi connectivity index (χ4n) is 4.74. The minimum atomic E-state index is -0.783. The summed E-state index contributed by atoms with van der Waals surface area (Å²) < 4.78 is 26.5. The van der Waals surface area contributed by atoms with E-state index in [0.29, 0.717) is 43.3 Å². The fraction of sp³-hybridized carbons (Fsp3) is 0.385. The van der Waals surface area contributed by atoms with Gasteiger partial charge in [-0.25, -0.2) is 23.9 Å². The molecule has 5 rings (SSSR count). The van der Waals surface area contributed by atoms with Crippen molar-refractivity contribution in [3.05, 3.63) is 54.4 Å².